The molecule has 0 spiro atoms. The van der Waals surface area contributed by atoms with Crippen LogP contribution in [0.15, 0.2) is 102 Å². The number of furan rings is 1. The van der Waals surface area contributed by atoms with Crippen LogP contribution in [-0.4, -0.2) is 18.4 Å². The summed E-state index contributed by atoms with van der Waals surface area (Å²) in [5.41, 5.74) is 3.27. The Bertz CT molecular complexity index is 1190. The average molecular weight is 426 g/mol. The molecule has 6 nitrogen and oxygen atoms in total. The molecule has 0 saturated carbocycles. The molecule has 4 rings (SSSR count). The molecular formula is C26H22N2O4. The van der Waals surface area contributed by atoms with Crippen LogP contribution in [0.25, 0.3) is 0 Å². The van der Waals surface area contributed by atoms with E-state index in [0.29, 0.717) is 17.1 Å². The fraction of sp³-hybridized carbons (Fsp3) is 0.0769. The zero-order chi connectivity index (χ0) is 22.2. The summed E-state index contributed by atoms with van der Waals surface area (Å²) in [5, 5.41) is 5.52. The predicted octanol–water partition coefficient (Wildman–Crippen LogP) is 5.14. The van der Waals surface area contributed by atoms with Crippen LogP contribution < -0.4 is 15.4 Å². The maximum Gasteiger partial charge on any atom is 0.291 e. The van der Waals surface area contributed by atoms with Gasteiger partial charge < -0.3 is 19.8 Å². The number of para-hydroxylation sites is 1. The summed E-state index contributed by atoms with van der Waals surface area (Å²) in [6.45, 7) is -0.130. The van der Waals surface area contributed by atoms with Gasteiger partial charge in [0.15, 0.2) is 12.4 Å². The molecule has 0 fully saturated rings. The highest BCUT2D eigenvalue weighted by Gasteiger charge is 2.11. The topological polar surface area (TPSA) is 80.6 Å². The highest BCUT2D eigenvalue weighted by atomic mass is 16.5. The molecular weight excluding hydrogens is 404 g/mol. The van der Waals surface area contributed by atoms with Crippen LogP contribution in [-0.2, 0) is 11.2 Å². The van der Waals surface area contributed by atoms with Crippen LogP contribution in [0.5, 0.6) is 5.75 Å². The molecule has 1 heterocycles. The second-order valence-electron chi connectivity index (χ2n) is 7.12. The van der Waals surface area contributed by atoms with Gasteiger partial charge in [0, 0.05) is 17.8 Å². The van der Waals surface area contributed by atoms with Gasteiger partial charge in [0.25, 0.3) is 11.8 Å². The lowest BCUT2D eigenvalue weighted by molar-refractivity contribution is -0.118. The Kier molecular flexibility index (Phi) is 6.63. The lowest BCUT2D eigenvalue weighted by atomic mass is 10.0. The standard InChI is InChI=1S/C26H22N2O4/c29-25(18-32-23-13-5-4-10-20(23)16-19-8-2-1-3-9-19)27-21-11-6-12-22(17-21)28-26(30)24-14-7-15-31-24/h1-15,17H,16,18H2,(H,27,29)(H,28,30). The van der Waals surface area contributed by atoms with E-state index in [1.165, 1.54) is 11.8 Å². The van der Waals surface area contributed by atoms with Gasteiger partial charge in [-0.2, -0.15) is 0 Å². The van der Waals surface area contributed by atoms with Crippen molar-refractivity contribution in [2.24, 2.45) is 0 Å². The third kappa shape index (κ3) is 5.64. The number of benzene rings is 3. The minimum Gasteiger partial charge on any atom is -0.483 e. The third-order valence-electron chi connectivity index (χ3n) is 4.72. The first-order chi connectivity index (χ1) is 15.7. The van der Waals surface area contributed by atoms with Gasteiger partial charge in [-0.15, -0.1) is 0 Å². The monoisotopic (exact) mass is 426 g/mol. The molecule has 0 radical (unpaired) electrons. The molecule has 3 aromatic carbocycles. The van der Waals surface area contributed by atoms with E-state index in [1.807, 2.05) is 42.5 Å². The molecule has 0 unspecified atom stereocenters. The summed E-state index contributed by atoms with van der Waals surface area (Å²) in [5.74, 6) is 0.221. The molecule has 6 heteroatoms. The van der Waals surface area contributed by atoms with Crippen molar-refractivity contribution in [3.05, 3.63) is 114 Å². The van der Waals surface area contributed by atoms with E-state index in [4.69, 9.17) is 9.15 Å². The van der Waals surface area contributed by atoms with E-state index in [-0.39, 0.29) is 24.2 Å². The van der Waals surface area contributed by atoms with Gasteiger partial charge in [-0.1, -0.05) is 54.6 Å². The Balaban J connectivity index is 1.34. The van der Waals surface area contributed by atoms with Crippen molar-refractivity contribution < 1.29 is 18.7 Å². The van der Waals surface area contributed by atoms with Crippen molar-refractivity contribution in [1.82, 2.24) is 0 Å². The third-order valence-corrected chi connectivity index (χ3v) is 4.72. The summed E-state index contributed by atoms with van der Waals surface area (Å²) in [6.07, 6.45) is 2.15. The lowest BCUT2D eigenvalue weighted by Crippen LogP contribution is -2.20. The fourth-order valence-corrected chi connectivity index (χ4v) is 3.22. The molecule has 4 aromatic rings. The number of hydrogen-bond acceptors (Lipinski definition) is 4. The largest absolute Gasteiger partial charge is 0.483 e. The minimum atomic E-state index is -0.364. The first kappa shape index (κ1) is 20.9. The highest BCUT2D eigenvalue weighted by Crippen LogP contribution is 2.22. The van der Waals surface area contributed by atoms with Crippen LogP contribution in [0.1, 0.15) is 21.7 Å². The molecule has 2 N–H and O–H groups in total. The smallest absolute Gasteiger partial charge is 0.291 e. The molecule has 0 atom stereocenters. The zero-order valence-electron chi connectivity index (χ0n) is 17.3. The summed E-state index contributed by atoms with van der Waals surface area (Å²) in [7, 11) is 0. The summed E-state index contributed by atoms with van der Waals surface area (Å²) in [4.78, 5) is 24.6. The number of rotatable bonds is 8. The quantitative estimate of drug-likeness (QED) is 0.409. The molecule has 2 amide bonds. The van der Waals surface area contributed by atoms with Gasteiger partial charge in [0.05, 0.1) is 6.26 Å². The Labute approximate surface area is 185 Å². The summed E-state index contributed by atoms with van der Waals surface area (Å²) < 4.78 is 10.9. The van der Waals surface area contributed by atoms with E-state index in [9.17, 15) is 9.59 Å². The van der Waals surface area contributed by atoms with E-state index in [0.717, 1.165) is 12.0 Å². The van der Waals surface area contributed by atoms with Gasteiger partial charge in [-0.3, -0.25) is 9.59 Å². The van der Waals surface area contributed by atoms with Crippen molar-refractivity contribution in [1.29, 1.82) is 0 Å². The van der Waals surface area contributed by atoms with Crippen molar-refractivity contribution in [3.63, 3.8) is 0 Å². The maximum absolute atomic E-state index is 12.4. The SMILES string of the molecule is O=C(COc1ccccc1Cc1ccccc1)Nc1cccc(NC(=O)c2ccco2)c1. The normalized spacial score (nSPS) is 10.4. The maximum atomic E-state index is 12.4. The van der Waals surface area contributed by atoms with Crippen molar-refractivity contribution in [3.8, 4) is 5.75 Å². The predicted molar refractivity (Wildman–Crippen MR) is 123 cm³/mol. The Hall–Kier alpha value is -4.32. The molecule has 32 heavy (non-hydrogen) atoms. The molecule has 1 aromatic heterocycles. The zero-order valence-corrected chi connectivity index (χ0v) is 17.3. The first-order valence-electron chi connectivity index (χ1n) is 10.2. The second-order valence-corrected chi connectivity index (χ2v) is 7.12. The van der Waals surface area contributed by atoms with E-state index in [1.54, 1.807) is 36.4 Å². The van der Waals surface area contributed by atoms with E-state index < -0.39 is 0 Å². The molecule has 0 aliphatic carbocycles. The Morgan fingerprint density at radius 3 is 2.31 bits per heavy atom. The molecule has 160 valence electrons. The fourth-order valence-electron chi connectivity index (χ4n) is 3.22. The van der Waals surface area contributed by atoms with Gasteiger partial charge in [-0.25, -0.2) is 0 Å². The van der Waals surface area contributed by atoms with Crippen LogP contribution in [0.2, 0.25) is 0 Å². The highest BCUT2D eigenvalue weighted by molar-refractivity contribution is 6.02. The molecule has 0 aliphatic heterocycles. The number of ether oxygens (including phenoxy) is 1. The van der Waals surface area contributed by atoms with Gasteiger partial charge in [0.1, 0.15) is 5.75 Å². The number of amides is 2. The second kappa shape index (κ2) is 10.1. The average Bonchev–Trinajstić information content (AvgIpc) is 3.35. The number of anilines is 2. The van der Waals surface area contributed by atoms with Crippen LogP contribution in [0.4, 0.5) is 11.4 Å². The Morgan fingerprint density at radius 1 is 0.781 bits per heavy atom. The summed E-state index contributed by atoms with van der Waals surface area (Å²) in [6, 6.07) is 27.9. The van der Waals surface area contributed by atoms with Crippen LogP contribution >= 0.6 is 0 Å². The van der Waals surface area contributed by atoms with Crippen molar-refractivity contribution in [2.45, 2.75) is 6.42 Å². The number of nitrogens with one attached hydrogen (secondary N) is 2. The van der Waals surface area contributed by atoms with Crippen LogP contribution in [0, 0.1) is 0 Å². The van der Waals surface area contributed by atoms with Gasteiger partial charge in [0.2, 0.25) is 0 Å². The van der Waals surface area contributed by atoms with Gasteiger partial charge >= 0.3 is 0 Å². The number of hydrogen-bond donors (Lipinski definition) is 2. The molecule has 0 bridgehead atoms. The van der Waals surface area contributed by atoms with E-state index in [2.05, 4.69) is 22.8 Å². The number of carbonyl (C=O) groups excluding carboxylic acids is 2. The molecule has 0 aliphatic rings. The summed E-state index contributed by atoms with van der Waals surface area (Å²) >= 11 is 0. The molecule has 0 saturated heterocycles. The first-order valence-corrected chi connectivity index (χ1v) is 10.2. The minimum absolute atomic E-state index is 0.130. The van der Waals surface area contributed by atoms with Crippen molar-refractivity contribution >= 4 is 23.2 Å². The van der Waals surface area contributed by atoms with Gasteiger partial charge in [-0.05, 0) is 47.5 Å². The van der Waals surface area contributed by atoms with E-state index >= 15 is 0 Å². The van der Waals surface area contributed by atoms with Crippen LogP contribution in [0.3, 0.4) is 0 Å². The Morgan fingerprint density at radius 2 is 1.53 bits per heavy atom. The number of carbonyl (C=O) groups is 2. The lowest BCUT2D eigenvalue weighted by Gasteiger charge is -2.12. The van der Waals surface area contributed by atoms with Crippen molar-refractivity contribution in [2.75, 3.05) is 17.2 Å².